The van der Waals surface area contributed by atoms with E-state index in [2.05, 4.69) is 4.90 Å². The van der Waals surface area contributed by atoms with Gasteiger partial charge in [-0.1, -0.05) is 12.8 Å². The van der Waals surface area contributed by atoms with Crippen molar-refractivity contribution in [3.05, 3.63) is 29.6 Å². The van der Waals surface area contributed by atoms with Gasteiger partial charge in [0.25, 0.3) is 0 Å². The molecule has 3 nitrogen and oxygen atoms in total. The van der Waals surface area contributed by atoms with E-state index >= 15 is 0 Å². The molecule has 2 N–H and O–H groups in total. The SMILES string of the molecule is COc1ccc(F)cc1CN(CCN)C1CCCC1. The zero-order valence-corrected chi connectivity index (χ0v) is 11.6. The highest BCUT2D eigenvalue weighted by atomic mass is 19.1. The second kappa shape index (κ2) is 6.87. The summed E-state index contributed by atoms with van der Waals surface area (Å²) in [5.41, 5.74) is 6.61. The zero-order valence-electron chi connectivity index (χ0n) is 11.6. The van der Waals surface area contributed by atoms with Crippen LogP contribution >= 0.6 is 0 Å². The lowest BCUT2D eigenvalue weighted by atomic mass is 10.1. The van der Waals surface area contributed by atoms with E-state index in [4.69, 9.17) is 10.5 Å². The molecule has 0 aliphatic heterocycles. The average molecular weight is 266 g/mol. The van der Waals surface area contributed by atoms with Crippen LogP contribution in [0.1, 0.15) is 31.2 Å². The molecule has 1 aliphatic carbocycles. The van der Waals surface area contributed by atoms with Gasteiger partial charge < -0.3 is 10.5 Å². The van der Waals surface area contributed by atoms with E-state index in [1.807, 2.05) is 0 Å². The summed E-state index contributed by atoms with van der Waals surface area (Å²) in [7, 11) is 1.62. The minimum absolute atomic E-state index is 0.213. The van der Waals surface area contributed by atoms with Crippen LogP contribution in [-0.2, 0) is 6.54 Å². The summed E-state index contributed by atoms with van der Waals surface area (Å²) in [4.78, 5) is 2.37. The molecule has 0 heterocycles. The largest absolute Gasteiger partial charge is 0.496 e. The Morgan fingerprint density at radius 3 is 2.74 bits per heavy atom. The first-order valence-electron chi connectivity index (χ1n) is 7.01. The third-order valence-electron chi connectivity index (χ3n) is 3.87. The highest BCUT2D eigenvalue weighted by Gasteiger charge is 2.23. The number of hydrogen-bond donors (Lipinski definition) is 1. The van der Waals surface area contributed by atoms with Crippen LogP contribution in [0.2, 0.25) is 0 Å². The molecule has 0 aromatic heterocycles. The van der Waals surface area contributed by atoms with Gasteiger partial charge in [0.15, 0.2) is 0 Å². The molecule has 2 rings (SSSR count). The molecule has 19 heavy (non-hydrogen) atoms. The maximum Gasteiger partial charge on any atom is 0.123 e. The normalized spacial score (nSPS) is 16.2. The van der Waals surface area contributed by atoms with Gasteiger partial charge in [-0.05, 0) is 31.0 Å². The Labute approximate surface area is 114 Å². The molecule has 1 saturated carbocycles. The number of halogens is 1. The van der Waals surface area contributed by atoms with Gasteiger partial charge in [0, 0.05) is 31.2 Å². The molecule has 1 fully saturated rings. The lowest BCUT2D eigenvalue weighted by Gasteiger charge is -2.29. The summed E-state index contributed by atoms with van der Waals surface area (Å²) in [5.74, 6) is 0.538. The number of hydrogen-bond acceptors (Lipinski definition) is 3. The van der Waals surface area contributed by atoms with Crippen molar-refractivity contribution in [2.45, 2.75) is 38.3 Å². The molecule has 0 saturated heterocycles. The molecule has 0 atom stereocenters. The van der Waals surface area contributed by atoms with Gasteiger partial charge in [-0.15, -0.1) is 0 Å². The summed E-state index contributed by atoms with van der Waals surface area (Å²) in [5, 5.41) is 0. The Bertz CT molecular complexity index is 405. The maximum atomic E-state index is 13.4. The number of benzene rings is 1. The van der Waals surface area contributed by atoms with E-state index in [-0.39, 0.29) is 5.82 Å². The first-order valence-corrected chi connectivity index (χ1v) is 7.01. The molecule has 4 heteroatoms. The Morgan fingerprint density at radius 1 is 1.37 bits per heavy atom. The summed E-state index contributed by atoms with van der Waals surface area (Å²) in [6.07, 6.45) is 5.01. The summed E-state index contributed by atoms with van der Waals surface area (Å²) in [6, 6.07) is 5.28. The molecule has 0 amide bonds. The van der Waals surface area contributed by atoms with E-state index in [0.717, 1.165) is 17.9 Å². The number of methoxy groups -OCH3 is 1. The fourth-order valence-corrected chi connectivity index (χ4v) is 2.92. The van der Waals surface area contributed by atoms with Crippen molar-refractivity contribution in [2.75, 3.05) is 20.2 Å². The van der Waals surface area contributed by atoms with Crippen molar-refractivity contribution >= 4 is 0 Å². The summed E-state index contributed by atoms with van der Waals surface area (Å²) < 4.78 is 18.7. The predicted octanol–water partition coefficient (Wildman–Crippen LogP) is 2.54. The molecular weight excluding hydrogens is 243 g/mol. The molecule has 1 aromatic carbocycles. The average Bonchev–Trinajstić information content (AvgIpc) is 2.92. The van der Waals surface area contributed by atoms with Crippen LogP contribution in [0.5, 0.6) is 5.75 Å². The number of ether oxygens (including phenoxy) is 1. The highest BCUT2D eigenvalue weighted by Crippen LogP contribution is 2.27. The van der Waals surface area contributed by atoms with Crippen LogP contribution in [0.4, 0.5) is 4.39 Å². The molecule has 0 bridgehead atoms. The van der Waals surface area contributed by atoms with Crippen molar-refractivity contribution in [1.82, 2.24) is 4.90 Å². The minimum atomic E-state index is -0.213. The number of nitrogens with two attached hydrogens (primary N) is 1. The van der Waals surface area contributed by atoms with E-state index in [1.165, 1.54) is 31.7 Å². The quantitative estimate of drug-likeness (QED) is 0.860. The van der Waals surface area contributed by atoms with Crippen LogP contribution < -0.4 is 10.5 Å². The molecule has 106 valence electrons. The molecule has 0 spiro atoms. The Morgan fingerprint density at radius 2 is 2.11 bits per heavy atom. The van der Waals surface area contributed by atoms with Crippen LogP contribution in [0.25, 0.3) is 0 Å². The predicted molar refractivity (Wildman–Crippen MR) is 74.7 cm³/mol. The van der Waals surface area contributed by atoms with Crippen LogP contribution in [0.15, 0.2) is 18.2 Å². The second-order valence-corrected chi connectivity index (χ2v) is 5.15. The van der Waals surface area contributed by atoms with E-state index in [9.17, 15) is 4.39 Å². The van der Waals surface area contributed by atoms with Gasteiger partial charge in [-0.3, -0.25) is 4.90 Å². The lowest BCUT2D eigenvalue weighted by molar-refractivity contribution is 0.193. The first kappa shape index (κ1) is 14.3. The summed E-state index contributed by atoms with van der Waals surface area (Å²) in [6.45, 7) is 2.20. The molecule has 1 aliphatic rings. The Balaban J connectivity index is 2.13. The Kier molecular flexibility index (Phi) is 5.16. The molecule has 0 unspecified atom stereocenters. The van der Waals surface area contributed by atoms with Crippen molar-refractivity contribution in [3.63, 3.8) is 0 Å². The topological polar surface area (TPSA) is 38.5 Å². The van der Waals surface area contributed by atoms with Gasteiger partial charge in [0.2, 0.25) is 0 Å². The van der Waals surface area contributed by atoms with Crippen molar-refractivity contribution in [1.29, 1.82) is 0 Å². The third-order valence-corrected chi connectivity index (χ3v) is 3.87. The zero-order chi connectivity index (χ0) is 13.7. The van der Waals surface area contributed by atoms with Gasteiger partial charge >= 0.3 is 0 Å². The number of rotatable bonds is 6. The highest BCUT2D eigenvalue weighted by molar-refractivity contribution is 5.33. The van der Waals surface area contributed by atoms with Crippen LogP contribution in [-0.4, -0.2) is 31.1 Å². The fourth-order valence-electron chi connectivity index (χ4n) is 2.92. The second-order valence-electron chi connectivity index (χ2n) is 5.15. The van der Waals surface area contributed by atoms with Gasteiger partial charge in [0.05, 0.1) is 7.11 Å². The van der Waals surface area contributed by atoms with E-state index < -0.39 is 0 Å². The van der Waals surface area contributed by atoms with Crippen molar-refractivity contribution < 1.29 is 9.13 Å². The smallest absolute Gasteiger partial charge is 0.123 e. The minimum Gasteiger partial charge on any atom is -0.496 e. The van der Waals surface area contributed by atoms with Crippen LogP contribution in [0.3, 0.4) is 0 Å². The lowest BCUT2D eigenvalue weighted by Crippen LogP contribution is -2.36. The fraction of sp³-hybridized carbons (Fsp3) is 0.600. The first-order chi connectivity index (χ1) is 9.24. The standard InChI is InChI=1S/C15H23FN2O/c1-19-15-7-6-13(16)10-12(15)11-18(9-8-17)14-4-2-3-5-14/h6-7,10,14H,2-5,8-9,11,17H2,1H3. The number of nitrogens with zero attached hydrogens (tertiary/aromatic N) is 1. The van der Waals surface area contributed by atoms with Gasteiger partial charge in [-0.2, -0.15) is 0 Å². The summed E-state index contributed by atoms with van der Waals surface area (Å²) >= 11 is 0. The maximum absolute atomic E-state index is 13.4. The molecule has 1 aromatic rings. The third kappa shape index (κ3) is 3.67. The van der Waals surface area contributed by atoms with Gasteiger partial charge in [-0.25, -0.2) is 4.39 Å². The van der Waals surface area contributed by atoms with Crippen LogP contribution in [0, 0.1) is 5.82 Å². The van der Waals surface area contributed by atoms with E-state index in [1.54, 1.807) is 19.2 Å². The monoisotopic (exact) mass is 266 g/mol. The molecule has 0 radical (unpaired) electrons. The van der Waals surface area contributed by atoms with E-state index in [0.29, 0.717) is 19.1 Å². The van der Waals surface area contributed by atoms with Gasteiger partial charge in [0.1, 0.15) is 11.6 Å². The van der Waals surface area contributed by atoms with Crippen molar-refractivity contribution in [3.8, 4) is 5.75 Å². The van der Waals surface area contributed by atoms with Crippen molar-refractivity contribution in [2.24, 2.45) is 5.73 Å². The Hall–Kier alpha value is -1.13. The molecular formula is C15H23FN2O.